The molecule has 0 spiro atoms. The molecule has 36 heavy (non-hydrogen) atoms. The Balaban J connectivity index is 1.39. The summed E-state index contributed by atoms with van der Waals surface area (Å²) in [4.78, 5) is 25.7. The molecule has 0 saturated carbocycles. The summed E-state index contributed by atoms with van der Waals surface area (Å²) in [6, 6.07) is 19.4. The molecule has 1 aliphatic heterocycles. The van der Waals surface area contributed by atoms with Crippen molar-refractivity contribution in [2.24, 2.45) is 0 Å². The summed E-state index contributed by atoms with van der Waals surface area (Å²) in [6.45, 7) is 0.736. The predicted octanol–water partition coefficient (Wildman–Crippen LogP) is 5.15. The lowest BCUT2D eigenvalue weighted by atomic mass is 10.0. The molecule has 0 bridgehead atoms. The lowest BCUT2D eigenvalue weighted by Crippen LogP contribution is -2.31. The normalized spacial score (nSPS) is 14.6. The first-order valence-electron chi connectivity index (χ1n) is 11.8. The molecule has 1 heterocycles. The van der Waals surface area contributed by atoms with Gasteiger partial charge in [0.1, 0.15) is 5.75 Å². The number of sulfonamides is 1. The van der Waals surface area contributed by atoms with E-state index >= 15 is 0 Å². The summed E-state index contributed by atoms with van der Waals surface area (Å²) in [5, 5.41) is 3.07. The zero-order valence-electron chi connectivity index (χ0n) is 19.7. The summed E-state index contributed by atoms with van der Waals surface area (Å²) >= 11 is 6.09. The van der Waals surface area contributed by atoms with Crippen molar-refractivity contribution in [1.29, 1.82) is 0 Å². The summed E-state index contributed by atoms with van der Waals surface area (Å²) in [7, 11) is -3.56. The van der Waals surface area contributed by atoms with Crippen molar-refractivity contribution in [3.8, 4) is 5.75 Å². The fraction of sp³-hybridized carbons (Fsp3) is 0.259. The minimum absolute atomic E-state index is 0.200. The van der Waals surface area contributed by atoms with Crippen molar-refractivity contribution in [2.75, 3.05) is 25.0 Å². The van der Waals surface area contributed by atoms with E-state index in [2.05, 4.69) is 5.32 Å². The zero-order valence-corrected chi connectivity index (χ0v) is 21.2. The lowest BCUT2D eigenvalue weighted by molar-refractivity contribution is -0.118. The van der Waals surface area contributed by atoms with E-state index in [1.165, 1.54) is 34.6 Å². The first kappa shape index (κ1) is 25.9. The molecule has 3 aromatic rings. The summed E-state index contributed by atoms with van der Waals surface area (Å²) < 4.78 is 32.9. The summed E-state index contributed by atoms with van der Waals surface area (Å²) in [5.41, 5.74) is 1.06. The molecule has 1 amide bonds. The van der Waals surface area contributed by atoms with Gasteiger partial charge in [-0.2, -0.15) is 4.31 Å². The molecule has 1 aliphatic rings. The molecule has 0 unspecified atom stereocenters. The van der Waals surface area contributed by atoms with Crippen molar-refractivity contribution >= 4 is 39.0 Å². The van der Waals surface area contributed by atoms with E-state index in [4.69, 9.17) is 16.3 Å². The van der Waals surface area contributed by atoms with Gasteiger partial charge in [0.15, 0.2) is 12.4 Å². The van der Waals surface area contributed by atoms with Crippen LogP contribution in [0.2, 0.25) is 5.02 Å². The van der Waals surface area contributed by atoms with E-state index in [0.717, 1.165) is 25.7 Å². The number of ether oxygens (including phenoxy) is 1. The maximum atomic E-state index is 12.9. The van der Waals surface area contributed by atoms with Crippen LogP contribution in [-0.4, -0.2) is 44.1 Å². The fourth-order valence-corrected chi connectivity index (χ4v) is 5.72. The van der Waals surface area contributed by atoms with Crippen LogP contribution >= 0.6 is 11.6 Å². The average Bonchev–Trinajstić information content (AvgIpc) is 3.19. The van der Waals surface area contributed by atoms with Gasteiger partial charge in [0.05, 0.1) is 10.6 Å². The highest BCUT2D eigenvalue weighted by Gasteiger charge is 2.25. The number of benzene rings is 3. The number of nitrogens with one attached hydrogen (secondary N) is 1. The van der Waals surface area contributed by atoms with Gasteiger partial charge in [0, 0.05) is 29.2 Å². The summed E-state index contributed by atoms with van der Waals surface area (Å²) in [5.74, 6) is -0.382. The largest absolute Gasteiger partial charge is 0.484 e. The molecule has 7 nitrogen and oxygen atoms in total. The molecule has 0 atom stereocenters. The van der Waals surface area contributed by atoms with Crippen LogP contribution in [0.3, 0.4) is 0 Å². The standard InChI is InChI=1S/C27H27ClN2O5S/c28-21-10-15-25(24(18-21)27(32)20-8-4-3-5-9-20)29-26(31)19-35-22-11-13-23(14-12-22)36(33,34)30-16-6-1-2-7-17-30/h3-5,8-15,18H,1-2,6-7,16-17,19H2,(H,29,31). The molecule has 9 heteroatoms. The molecular weight excluding hydrogens is 500 g/mol. The number of nitrogens with zero attached hydrogens (tertiary/aromatic N) is 1. The van der Waals surface area contributed by atoms with Crippen LogP contribution in [0.5, 0.6) is 5.75 Å². The van der Waals surface area contributed by atoms with Crippen LogP contribution in [0, 0.1) is 0 Å². The number of hydrogen-bond acceptors (Lipinski definition) is 5. The topological polar surface area (TPSA) is 92.8 Å². The lowest BCUT2D eigenvalue weighted by Gasteiger charge is -2.20. The van der Waals surface area contributed by atoms with Crippen LogP contribution in [0.1, 0.15) is 41.6 Å². The van der Waals surface area contributed by atoms with E-state index < -0.39 is 15.9 Å². The fourth-order valence-electron chi connectivity index (χ4n) is 4.03. The highest BCUT2D eigenvalue weighted by atomic mass is 35.5. The number of hydrogen-bond donors (Lipinski definition) is 1. The Morgan fingerprint density at radius 3 is 2.22 bits per heavy atom. The molecule has 3 aromatic carbocycles. The third-order valence-electron chi connectivity index (χ3n) is 5.93. The maximum Gasteiger partial charge on any atom is 0.262 e. The van der Waals surface area contributed by atoms with E-state index in [-0.39, 0.29) is 22.8 Å². The van der Waals surface area contributed by atoms with Gasteiger partial charge < -0.3 is 10.1 Å². The van der Waals surface area contributed by atoms with Crippen molar-refractivity contribution in [3.63, 3.8) is 0 Å². The molecule has 0 aliphatic carbocycles. The maximum absolute atomic E-state index is 12.9. The van der Waals surface area contributed by atoms with Gasteiger partial charge in [-0.05, 0) is 55.3 Å². The molecule has 0 aromatic heterocycles. The Bertz CT molecular complexity index is 1320. The molecular formula is C27H27ClN2O5S. The minimum atomic E-state index is -3.56. The first-order chi connectivity index (χ1) is 17.3. The molecule has 1 N–H and O–H groups in total. The third-order valence-corrected chi connectivity index (χ3v) is 8.08. The first-order valence-corrected chi connectivity index (χ1v) is 13.6. The highest BCUT2D eigenvalue weighted by Crippen LogP contribution is 2.25. The van der Waals surface area contributed by atoms with Gasteiger partial charge in [-0.25, -0.2) is 8.42 Å². The van der Waals surface area contributed by atoms with E-state index in [1.807, 2.05) is 6.07 Å². The van der Waals surface area contributed by atoms with E-state index in [0.29, 0.717) is 35.1 Å². The number of amides is 1. The minimum Gasteiger partial charge on any atom is -0.484 e. The van der Waals surface area contributed by atoms with Gasteiger partial charge >= 0.3 is 0 Å². The number of carbonyl (C=O) groups excluding carboxylic acids is 2. The van der Waals surface area contributed by atoms with Crippen LogP contribution in [-0.2, 0) is 14.8 Å². The van der Waals surface area contributed by atoms with E-state index in [9.17, 15) is 18.0 Å². The Hall–Kier alpha value is -3.20. The van der Waals surface area contributed by atoms with Gasteiger partial charge in [0.25, 0.3) is 5.91 Å². The zero-order chi connectivity index (χ0) is 25.5. The quantitative estimate of drug-likeness (QED) is 0.410. The second-order valence-electron chi connectivity index (χ2n) is 8.51. The monoisotopic (exact) mass is 526 g/mol. The van der Waals surface area contributed by atoms with Gasteiger partial charge in [-0.3, -0.25) is 9.59 Å². The third kappa shape index (κ3) is 6.32. The number of anilines is 1. The summed E-state index contributed by atoms with van der Waals surface area (Å²) in [6.07, 6.45) is 3.81. The Labute approximate surface area is 216 Å². The van der Waals surface area contributed by atoms with Crippen LogP contribution in [0.15, 0.2) is 77.7 Å². The second kappa shape index (κ2) is 11.7. The van der Waals surface area contributed by atoms with Crippen molar-refractivity contribution in [3.05, 3.63) is 88.9 Å². The molecule has 1 fully saturated rings. The van der Waals surface area contributed by atoms with Gasteiger partial charge in [-0.15, -0.1) is 0 Å². The van der Waals surface area contributed by atoms with E-state index in [1.54, 1.807) is 36.4 Å². The molecule has 0 radical (unpaired) electrons. The molecule has 188 valence electrons. The number of ketones is 1. The van der Waals surface area contributed by atoms with Crippen LogP contribution in [0.4, 0.5) is 5.69 Å². The van der Waals surface area contributed by atoms with Crippen molar-refractivity contribution < 1.29 is 22.7 Å². The Morgan fingerprint density at radius 2 is 1.56 bits per heavy atom. The van der Waals surface area contributed by atoms with Gasteiger partial charge in [0.2, 0.25) is 10.0 Å². The Morgan fingerprint density at radius 1 is 0.889 bits per heavy atom. The predicted molar refractivity (Wildman–Crippen MR) is 139 cm³/mol. The number of rotatable bonds is 8. The number of carbonyl (C=O) groups is 2. The van der Waals surface area contributed by atoms with Crippen LogP contribution < -0.4 is 10.1 Å². The van der Waals surface area contributed by atoms with Gasteiger partial charge in [-0.1, -0.05) is 54.8 Å². The highest BCUT2D eigenvalue weighted by molar-refractivity contribution is 7.89. The number of halogens is 1. The second-order valence-corrected chi connectivity index (χ2v) is 10.9. The molecule has 1 saturated heterocycles. The smallest absolute Gasteiger partial charge is 0.262 e. The van der Waals surface area contributed by atoms with Crippen LogP contribution in [0.25, 0.3) is 0 Å². The Kier molecular flexibility index (Phi) is 8.40. The van der Waals surface area contributed by atoms with Crippen molar-refractivity contribution in [1.82, 2.24) is 4.31 Å². The molecule has 4 rings (SSSR count). The van der Waals surface area contributed by atoms with Crippen molar-refractivity contribution in [2.45, 2.75) is 30.6 Å². The average molecular weight is 527 g/mol. The SMILES string of the molecule is O=C(COc1ccc(S(=O)(=O)N2CCCCCC2)cc1)Nc1ccc(Cl)cc1C(=O)c1ccccc1.